The Kier molecular flexibility index (Phi) is 9.23. The Morgan fingerprint density at radius 2 is 1.97 bits per heavy atom. The third kappa shape index (κ3) is 7.45. The van der Waals surface area contributed by atoms with Gasteiger partial charge in [-0.05, 0) is 78.9 Å². The van der Waals surface area contributed by atoms with Crippen molar-refractivity contribution in [2.45, 2.75) is 97.7 Å². The van der Waals surface area contributed by atoms with Crippen LogP contribution in [0.15, 0.2) is 18.2 Å². The number of benzene rings is 1. The van der Waals surface area contributed by atoms with Crippen molar-refractivity contribution in [3.05, 3.63) is 29.3 Å². The number of rotatable bonds is 11. The molecule has 0 aliphatic heterocycles. The molecule has 0 amide bonds. The molecule has 1 fully saturated rings. The number of aliphatic hydroxyl groups excluding tert-OH is 2. The topological polar surface area (TPSA) is 76.0 Å². The van der Waals surface area contributed by atoms with Crippen molar-refractivity contribution in [3.63, 3.8) is 0 Å². The Bertz CT molecular complexity index is 768. The molecule has 0 heterocycles. The van der Waals surface area contributed by atoms with Crippen LogP contribution in [0.5, 0.6) is 5.75 Å². The molecule has 5 heteroatoms. The zero-order chi connectivity index (χ0) is 24.0. The summed E-state index contributed by atoms with van der Waals surface area (Å²) in [6.07, 6.45) is 8.02. The van der Waals surface area contributed by atoms with Crippen LogP contribution in [0.2, 0.25) is 0 Å². The molecule has 2 N–H and O–H groups in total. The number of carbonyl (C=O) groups is 1. The Morgan fingerprint density at radius 1 is 1.18 bits per heavy atom. The summed E-state index contributed by atoms with van der Waals surface area (Å²) < 4.78 is 11.2. The maximum Gasteiger partial charge on any atom is 0.344 e. The minimum atomic E-state index is -0.343. The molecule has 0 saturated heterocycles. The summed E-state index contributed by atoms with van der Waals surface area (Å²) in [7, 11) is 0. The van der Waals surface area contributed by atoms with E-state index in [-0.39, 0.29) is 36.1 Å². The maximum atomic E-state index is 12.1. The summed E-state index contributed by atoms with van der Waals surface area (Å²) in [5.41, 5.74) is 2.37. The molecule has 5 atom stereocenters. The van der Waals surface area contributed by atoms with Crippen LogP contribution in [0.1, 0.15) is 83.8 Å². The van der Waals surface area contributed by atoms with Crippen molar-refractivity contribution in [2.24, 2.45) is 23.2 Å². The minimum Gasteiger partial charge on any atom is -0.482 e. The van der Waals surface area contributed by atoms with E-state index < -0.39 is 0 Å². The van der Waals surface area contributed by atoms with Gasteiger partial charge in [-0.25, -0.2) is 4.79 Å². The van der Waals surface area contributed by atoms with E-state index in [0.717, 1.165) is 50.7 Å². The monoisotopic (exact) mass is 460 g/mol. The molecule has 1 saturated carbocycles. The summed E-state index contributed by atoms with van der Waals surface area (Å²) in [4.78, 5) is 12.1. The van der Waals surface area contributed by atoms with E-state index in [9.17, 15) is 15.0 Å². The average Bonchev–Trinajstić information content (AvgIpc) is 3.06. The van der Waals surface area contributed by atoms with Crippen LogP contribution < -0.4 is 4.74 Å². The van der Waals surface area contributed by atoms with Gasteiger partial charge in [-0.15, -0.1) is 0 Å². The van der Waals surface area contributed by atoms with E-state index in [1.165, 1.54) is 24.0 Å². The van der Waals surface area contributed by atoms with Crippen molar-refractivity contribution in [3.8, 4) is 5.75 Å². The van der Waals surface area contributed by atoms with E-state index in [1.807, 2.05) is 32.9 Å². The number of carbonyl (C=O) groups excluding carboxylic acids is 1. The Balaban J connectivity index is 1.57. The second kappa shape index (κ2) is 11.7. The van der Waals surface area contributed by atoms with E-state index in [0.29, 0.717) is 18.4 Å². The maximum absolute atomic E-state index is 12.1. The molecular formula is C28H44O5. The lowest BCUT2D eigenvalue weighted by Gasteiger charge is -2.32. The van der Waals surface area contributed by atoms with E-state index in [2.05, 4.69) is 13.0 Å². The van der Waals surface area contributed by atoms with Gasteiger partial charge in [0.2, 0.25) is 0 Å². The van der Waals surface area contributed by atoms with Gasteiger partial charge >= 0.3 is 5.97 Å². The number of hydrogen-bond acceptors (Lipinski definition) is 5. The minimum absolute atomic E-state index is 0.0675. The fourth-order valence-corrected chi connectivity index (χ4v) is 5.57. The second-order valence-corrected chi connectivity index (χ2v) is 11.4. The average molecular weight is 461 g/mol. The fraction of sp³-hybridized carbons (Fsp3) is 0.750. The summed E-state index contributed by atoms with van der Waals surface area (Å²) in [6, 6.07) is 6.08. The van der Waals surface area contributed by atoms with Crippen molar-refractivity contribution in [2.75, 3.05) is 13.2 Å². The van der Waals surface area contributed by atoms with Gasteiger partial charge in [0.15, 0.2) is 6.61 Å². The van der Waals surface area contributed by atoms with E-state index >= 15 is 0 Å². The van der Waals surface area contributed by atoms with Crippen LogP contribution in [0, 0.1) is 23.2 Å². The molecule has 5 nitrogen and oxygen atoms in total. The van der Waals surface area contributed by atoms with Gasteiger partial charge in [0.1, 0.15) is 5.75 Å². The zero-order valence-electron chi connectivity index (χ0n) is 21.0. The Hall–Kier alpha value is -1.59. The summed E-state index contributed by atoms with van der Waals surface area (Å²) >= 11 is 0. The van der Waals surface area contributed by atoms with Crippen LogP contribution in [0.4, 0.5) is 0 Å². The number of hydrogen-bond donors (Lipinski definition) is 2. The smallest absolute Gasteiger partial charge is 0.344 e. The van der Waals surface area contributed by atoms with Crippen LogP contribution >= 0.6 is 0 Å². The number of fused-ring (bicyclic) bond motifs is 2. The fourth-order valence-electron chi connectivity index (χ4n) is 5.57. The van der Waals surface area contributed by atoms with Gasteiger partial charge in [-0.3, -0.25) is 0 Å². The van der Waals surface area contributed by atoms with Crippen molar-refractivity contribution in [1.29, 1.82) is 0 Å². The van der Waals surface area contributed by atoms with Crippen LogP contribution in [-0.2, 0) is 22.4 Å². The molecule has 33 heavy (non-hydrogen) atoms. The number of ether oxygens (including phenoxy) is 2. The molecule has 2 aliphatic carbocycles. The van der Waals surface area contributed by atoms with E-state index in [1.54, 1.807) is 0 Å². The molecule has 1 aromatic carbocycles. The first-order chi connectivity index (χ1) is 15.7. The molecule has 0 unspecified atom stereocenters. The number of aliphatic hydroxyl groups is 2. The van der Waals surface area contributed by atoms with Crippen molar-refractivity contribution >= 4 is 5.97 Å². The van der Waals surface area contributed by atoms with Gasteiger partial charge < -0.3 is 19.7 Å². The third-order valence-electron chi connectivity index (χ3n) is 7.33. The molecule has 3 rings (SSSR count). The Labute approximate surface area is 199 Å². The highest BCUT2D eigenvalue weighted by Crippen LogP contribution is 2.48. The van der Waals surface area contributed by atoms with Crippen LogP contribution in [0.25, 0.3) is 0 Å². The lowest BCUT2D eigenvalue weighted by atomic mass is 9.73. The molecule has 186 valence electrons. The van der Waals surface area contributed by atoms with E-state index in [4.69, 9.17) is 9.47 Å². The first kappa shape index (κ1) is 26.0. The van der Waals surface area contributed by atoms with Gasteiger partial charge in [-0.1, -0.05) is 59.1 Å². The number of unbranched alkanes of at least 4 members (excludes halogenated alkanes) is 2. The third-order valence-corrected chi connectivity index (χ3v) is 7.33. The number of esters is 1. The van der Waals surface area contributed by atoms with Crippen LogP contribution in [-0.4, -0.2) is 41.6 Å². The molecule has 0 bridgehead atoms. The van der Waals surface area contributed by atoms with Gasteiger partial charge in [-0.2, -0.15) is 0 Å². The summed E-state index contributed by atoms with van der Waals surface area (Å²) in [6.45, 7) is 8.56. The molecular weight excluding hydrogens is 416 g/mol. The highest BCUT2D eigenvalue weighted by Gasteiger charge is 2.44. The van der Waals surface area contributed by atoms with Gasteiger partial charge in [0.05, 0.1) is 18.8 Å². The van der Waals surface area contributed by atoms with Crippen LogP contribution in [0.3, 0.4) is 0 Å². The summed E-state index contributed by atoms with van der Waals surface area (Å²) in [5, 5.41) is 21.2. The lowest BCUT2D eigenvalue weighted by molar-refractivity contribution is -0.148. The van der Waals surface area contributed by atoms with Crippen molar-refractivity contribution in [1.82, 2.24) is 0 Å². The van der Waals surface area contributed by atoms with Crippen molar-refractivity contribution < 1.29 is 24.5 Å². The Morgan fingerprint density at radius 3 is 2.70 bits per heavy atom. The SMILES string of the molecule is CCCCC[C@H](O)CC[C@@H]1[C@H]2Cc3cccc(OCC(=O)OCC(C)(C)C)c3C[C@H]2C[C@H]1O. The predicted octanol–water partition coefficient (Wildman–Crippen LogP) is 5.09. The highest BCUT2D eigenvalue weighted by molar-refractivity contribution is 5.71. The predicted molar refractivity (Wildman–Crippen MR) is 130 cm³/mol. The van der Waals surface area contributed by atoms with Gasteiger partial charge in [0, 0.05) is 0 Å². The molecule has 1 aromatic rings. The molecule has 0 aromatic heterocycles. The molecule has 0 radical (unpaired) electrons. The quantitative estimate of drug-likeness (QED) is 0.355. The highest BCUT2D eigenvalue weighted by atomic mass is 16.6. The zero-order valence-corrected chi connectivity index (χ0v) is 21.0. The summed E-state index contributed by atoms with van der Waals surface area (Å²) in [5.74, 6) is 1.55. The molecule has 2 aliphatic rings. The normalized spacial score (nSPS) is 25.3. The molecule has 0 spiro atoms. The largest absolute Gasteiger partial charge is 0.482 e. The first-order valence-electron chi connectivity index (χ1n) is 12.9. The second-order valence-electron chi connectivity index (χ2n) is 11.4. The van der Waals surface area contributed by atoms with Gasteiger partial charge in [0.25, 0.3) is 0 Å². The standard InChI is InChI=1S/C28H44O5/c1-5-6-7-10-21(29)12-13-22-23-14-19-9-8-11-26(24(19)15-20(23)16-25(22)30)32-17-27(31)33-18-28(2,3)4/h8-9,11,20-23,25,29-30H,5-7,10,12-18H2,1-4H3/t20-,21-,22+,23-,25+/m0/s1. The first-order valence-corrected chi connectivity index (χ1v) is 12.9. The lowest BCUT2D eigenvalue weighted by Crippen LogP contribution is -2.28.